The van der Waals surface area contributed by atoms with Crippen LogP contribution in [0.1, 0.15) is 48.0 Å². The van der Waals surface area contributed by atoms with Crippen molar-refractivity contribution < 1.29 is 52.4 Å². The lowest BCUT2D eigenvalue weighted by Gasteiger charge is -2.10. The van der Waals surface area contributed by atoms with Gasteiger partial charge in [0.2, 0.25) is 0 Å². The van der Waals surface area contributed by atoms with Crippen molar-refractivity contribution in [3.8, 4) is 56.7 Å². The monoisotopic (exact) mass is 841 g/mol. The molecule has 0 bridgehead atoms. The summed E-state index contributed by atoms with van der Waals surface area (Å²) in [4.78, 5) is 13.1. The minimum Gasteiger partial charge on any atom is -0.452 e. The van der Waals surface area contributed by atoms with Crippen molar-refractivity contribution in [3.63, 3.8) is 0 Å². The summed E-state index contributed by atoms with van der Waals surface area (Å²) in [6.45, 7) is 0. The van der Waals surface area contributed by atoms with E-state index in [-0.39, 0.29) is 0 Å². The molecule has 9 aromatic carbocycles. The molecule has 4 heterocycles. The Morgan fingerprint density at radius 2 is 0.841 bits per heavy atom. The van der Waals surface area contributed by atoms with E-state index in [2.05, 4.69) is 15.0 Å². The van der Waals surface area contributed by atoms with Crippen LogP contribution in [-0.2, 0) is 0 Å². The summed E-state index contributed by atoms with van der Waals surface area (Å²) in [6, 6.07) is -34.3. The Morgan fingerprint density at radius 1 is 0.333 bits per heavy atom. The van der Waals surface area contributed by atoms with Gasteiger partial charge in [0, 0.05) is 54.7 Å². The maximum atomic E-state index is 10.2. The van der Waals surface area contributed by atoms with E-state index >= 15 is 0 Å². The average molecular weight is 841 g/mol. The van der Waals surface area contributed by atoms with Crippen LogP contribution >= 0.6 is 0 Å². The first-order valence-electron chi connectivity index (χ1n) is 35.8. The lowest BCUT2D eigenvalue weighted by Crippen LogP contribution is -2.00. The first-order chi connectivity index (χ1) is 45.8. The topological polar surface area (TPSA) is 61.7 Å². The molecule has 0 aliphatic rings. The molecule has 0 saturated heterocycles. The van der Waals surface area contributed by atoms with Crippen molar-refractivity contribution >= 4 is 65.6 Å². The van der Waals surface area contributed by atoms with Crippen molar-refractivity contribution in [2.24, 2.45) is 0 Å². The van der Waals surface area contributed by atoms with E-state index in [9.17, 15) is 19.2 Å². The van der Waals surface area contributed by atoms with Gasteiger partial charge in [0.05, 0.1) is 75.7 Å². The van der Waals surface area contributed by atoms with Crippen molar-refractivity contribution in [1.82, 2.24) is 24.1 Å². The average Bonchev–Trinajstić information content (AvgIpc) is 1.51. The highest BCUT2D eigenvalue weighted by atomic mass is 16.3. The van der Waals surface area contributed by atoms with Crippen molar-refractivity contribution in [3.05, 3.63) is 211 Å². The molecule has 0 unspecified atom stereocenters. The van der Waals surface area contributed by atoms with Crippen LogP contribution in [0.5, 0.6) is 0 Å². The minimum absolute atomic E-state index is 0.509. The molecule has 6 nitrogen and oxygen atoms in total. The molecular formula is C57H35N5O. The summed E-state index contributed by atoms with van der Waals surface area (Å²) in [6.07, 6.45) is 0. The first kappa shape index (κ1) is 15.1. The van der Waals surface area contributed by atoms with E-state index < -0.39 is 334 Å². The lowest BCUT2D eigenvalue weighted by atomic mass is 10.0. The fraction of sp³-hybridized carbons (Fsp3) is 0. The van der Waals surface area contributed by atoms with Crippen LogP contribution in [0, 0.1) is 0 Å². The fourth-order valence-corrected chi connectivity index (χ4v) is 7.29. The standard InChI is InChI=1S/C57H35N5O/c1-4-16-36(17-5-1)38-20-14-21-39(34-38)56-58-55(37-18-6-2-7-19-37)59-57(60-56)40-30-33-50-47(35-40)44-31-32-46-45-26-15-29-51(53(45)63-54(46)52(44)61(50)41-22-8-3-9-23-41)62-48-27-12-10-24-42(48)43-25-11-13-28-49(43)62/h1-35H/i1D,2D,3D,4D,5D,6D,7D,8D,9D,10D,11D,12D,13D,14D,15D,16D,17D,18D,19D,20D,21D,22D,23D,24D,25D,26D,27D,28D,29D,30D,31D,32D,33D,34D,35D. The van der Waals surface area contributed by atoms with Gasteiger partial charge in [-0.15, -0.1) is 0 Å². The molecule has 6 heteroatoms. The fourth-order valence-electron chi connectivity index (χ4n) is 7.29. The van der Waals surface area contributed by atoms with Gasteiger partial charge in [-0.25, -0.2) is 15.0 Å². The molecule has 0 N–H and O–H groups in total. The molecule has 0 spiro atoms. The number of nitrogens with zero attached hydrogens (tertiary/aromatic N) is 5. The van der Waals surface area contributed by atoms with Crippen LogP contribution in [0.3, 0.4) is 0 Å². The summed E-state index contributed by atoms with van der Waals surface area (Å²) >= 11 is 0. The maximum absolute atomic E-state index is 10.2. The molecular weight excluding hydrogens is 771 g/mol. The molecule has 63 heavy (non-hydrogen) atoms. The van der Waals surface area contributed by atoms with Gasteiger partial charge < -0.3 is 13.6 Å². The minimum atomic E-state index is -1.16. The third-order valence-corrected chi connectivity index (χ3v) is 9.89. The van der Waals surface area contributed by atoms with Gasteiger partial charge in [-0.1, -0.05) is 151 Å². The van der Waals surface area contributed by atoms with Crippen LogP contribution in [0.25, 0.3) is 122 Å². The number of aromatic nitrogens is 5. The number of fused-ring (bicyclic) bond motifs is 10. The van der Waals surface area contributed by atoms with E-state index in [0.717, 1.165) is 4.57 Å². The van der Waals surface area contributed by atoms with Crippen LogP contribution in [0.2, 0.25) is 0 Å². The van der Waals surface area contributed by atoms with E-state index in [4.69, 9.17) is 33.2 Å². The van der Waals surface area contributed by atoms with Gasteiger partial charge in [-0.2, -0.15) is 0 Å². The molecule has 0 radical (unpaired) electrons. The molecule has 0 amide bonds. The summed E-state index contributed by atoms with van der Waals surface area (Å²) in [7, 11) is 0. The Kier molecular flexibility index (Phi) is 3.35. The molecule has 0 saturated carbocycles. The normalized spacial score (nSPS) is 19.6. The highest BCUT2D eigenvalue weighted by molar-refractivity contribution is 6.23. The molecule has 13 rings (SSSR count). The molecule has 0 aliphatic carbocycles. The quantitative estimate of drug-likeness (QED) is 0.167. The zero-order valence-electron chi connectivity index (χ0n) is 66.1. The molecule has 294 valence electrons. The molecule has 0 aliphatic heterocycles. The molecule has 0 fully saturated rings. The van der Waals surface area contributed by atoms with Gasteiger partial charge in [0.15, 0.2) is 28.6 Å². The summed E-state index contributed by atoms with van der Waals surface area (Å²) in [5.41, 5.74) is -10.3. The van der Waals surface area contributed by atoms with Crippen LogP contribution in [0.15, 0.2) is 216 Å². The largest absolute Gasteiger partial charge is 0.452 e. The lowest BCUT2D eigenvalue weighted by molar-refractivity contribution is 0.668. The third-order valence-electron chi connectivity index (χ3n) is 9.89. The number of hydrogen-bond acceptors (Lipinski definition) is 4. The number of furan rings is 1. The molecule has 4 aromatic heterocycles. The first-order valence-corrected chi connectivity index (χ1v) is 18.3. The highest BCUT2D eigenvalue weighted by Gasteiger charge is 2.23. The van der Waals surface area contributed by atoms with Crippen LogP contribution in [0.4, 0.5) is 0 Å². The Labute approximate surface area is 410 Å². The van der Waals surface area contributed by atoms with Crippen molar-refractivity contribution in [1.29, 1.82) is 0 Å². The number of benzene rings is 9. The van der Waals surface area contributed by atoms with E-state index in [1.807, 2.05) is 0 Å². The van der Waals surface area contributed by atoms with Crippen molar-refractivity contribution in [2.75, 3.05) is 0 Å². The summed E-state index contributed by atoms with van der Waals surface area (Å²) < 4.78 is 325. The zero-order valence-corrected chi connectivity index (χ0v) is 31.1. The predicted octanol–water partition coefficient (Wildman–Crippen LogP) is 14.6. The van der Waals surface area contributed by atoms with E-state index in [1.165, 1.54) is 0 Å². The summed E-state index contributed by atoms with van der Waals surface area (Å²) in [5.74, 6) is -2.98. The predicted molar refractivity (Wildman–Crippen MR) is 258 cm³/mol. The van der Waals surface area contributed by atoms with Gasteiger partial charge in [-0.05, 0) is 71.6 Å². The molecule has 0 atom stereocenters. The second kappa shape index (κ2) is 14.0. The Bertz CT molecular complexity index is 5850. The van der Waals surface area contributed by atoms with Gasteiger partial charge in [-0.3, -0.25) is 0 Å². The third kappa shape index (κ3) is 5.55. The van der Waals surface area contributed by atoms with Gasteiger partial charge in [0.25, 0.3) is 0 Å². The Hall–Kier alpha value is -8.61. The summed E-state index contributed by atoms with van der Waals surface area (Å²) in [5, 5.41) is -3.79. The zero-order chi connectivity index (χ0) is 71.9. The maximum Gasteiger partial charge on any atom is 0.164 e. The SMILES string of the molecule is [2H]c1c([2H])c([2H])c(-c2nc(-c3c([2H])c([2H])c([2H])c(-c4c([2H])c([2H])c([2H])c([2H])c4[2H])c3[2H])nc(-c3c([2H])c([2H])c4c(c3[2H])c3c([2H])c([2H])c5c(oc6c(-n7c8c([2H])c([2H])c([2H])c([2H])c8c8c([2H])c([2H])c([2H])c([2H])c87)c([2H])c([2H])c([2H])c65)c3n4-c3c([2H])c([2H])c([2H])c([2H])c3[2H])n2)c([2H])c1[2H]. The van der Waals surface area contributed by atoms with Crippen LogP contribution in [-0.4, -0.2) is 24.1 Å². The van der Waals surface area contributed by atoms with Crippen LogP contribution < -0.4 is 0 Å². The Balaban J connectivity index is 1.24. The van der Waals surface area contributed by atoms with Gasteiger partial charge in [0.1, 0.15) is 0 Å². The second-order valence-electron chi connectivity index (χ2n) is 13.3. The highest BCUT2D eigenvalue weighted by Crippen LogP contribution is 2.44. The van der Waals surface area contributed by atoms with Gasteiger partial charge >= 0.3 is 0 Å². The number of rotatable bonds is 6. The van der Waals surface area contributed by atoms with Crippen molar-refractivity contribution in [2.45, 2.75) is 0 Å². The smallest absolute Gasteiger partial charge is 0.164 e. The Morgan fingerprint density at radius 3 is 1.56 bits per heavy atom. The number of para-hydroxylation sites is 4. The number of hydrogen-bond donors (Lipinski definition) is 0. The van der Waals surface area contributed by atoms with E-state index in [1.54, 1.807) is 0 Å². The second-order valence-corrected chi connectivity index (χ2v) is 13.3. The molecule has 13 aromatic rings. The van der Waals surface area contributed by atoms with E-state index in [0.29, 0.717) is 4.57 Å².